The molecule has 0 aliphatic rings. The van der Waals surface area contributed by atoms with Crippen molar-refractivity contribution in [3.63, 3.8) is 0 Å². The molecular weight excluding hydrogens is 395 g/mol. The Balaban J connectivity index is 2.05. The van der Waals surface area contributed by atoms with Gasteiger partial charge in [0.1, 0.15) is 17.6 Å². The Hall–Kier alpha value is -2.61. The first-order valence-corrected chi connectivity index (χ1v) is 11.3. The number of hydrogen-bond donors (Lipinski definition) is 1. The van der Waals surface area contributed by atoms with Crippen molar-refractivity contribution in [2.24, 2.45) is 0 Å². The van der Waals surface area contributed by atoms with Crippen molar-refractivity contribution >= 4 is 21.6 Å². The van der Waals surface area contributed by atoms with Gasteiger partial charge in [0.2, 0.25) is 15.9 Å². The summed E-state index contributed by atoms with van der Waals surface area (Å²) in [6.07, 6.45) is 2.59. The third-order valence-electron chi connectivity index (χ3n) is 4.50. The maximum Gasteiger partial charge on any atom is 0.243 e. The van der Waals surface area contributed by atoms with Gasteiger partial charge >= 0.3 is 0 Å². The summed E-state index contributed by atoms with van der Waals surface area (Å²) in [4.78, 5) is 12.7. The van der Waals surface area contributed by atoms with Crippen molar-refractivity contribution in [2.75, 3.05) is 24.2 Å². The summed E-state index contributed by atoms with van der Waals surface area (Å²) in [5.41, 5.74) is 0.947. The maximum absolute atomic E-state index is 14.2. The van der Waals surface area contributed by atoms with Gasteiger partial charge in [-0.15, -0.1) is 0 Å². The number of hydrogen-bond acceptors (Lipinski definition) is 4. The lowest BCUT2D eigenvalue weighted by Crippen LogP contribution is -2.49. The number of carbonyl (C=O) groups excluding carboxylic acids is 1. The van der Waals surface area contributed by atoms with E-state index in [1.165, 1.54) is 24.3 Å². The van der Waals surface area contributed by atoms with E-state index in [4.69, 9.17) is 4.74 Å². The van der Waals surface area contributed by atoms with Crippen LogP contribution in [0.1, 0.15) is 25.3 Å². The zero-order valence-electron chi connectivity index (χ0n) is 16.9. The van der Waals surface area contributed by atoms with Gasteiger partial charge in [-0.25, -0.2) is 12.8 Å². The summed E-state index contributed by atoms with van der Waals surface area (Å²) >= 11 is 0. The smallest absolute Gasteiger partial charge is 0.243 e. The third-order valence-corrected chi connectivity index (χ3v) is 5.66. The number of sulfonamides is 1. The molecule has 2 rings (SSSR count). The summed E-state index contributed by atoms with van der Waals surface area (Å²) in [5, 5.41) is 2.78. The Morgan fingerprint density at radius 3 is 2.55 bits per heavy atom. The fraction of sp³-hybridized carbons (Fsp3) is 0.381. The first-order valence-electron chi connectivity index (χ1n) is 9.42. The Bertz CT molecular complexity index is 934. The Morgan fingerprint density at radius 1 is 1.21 bits per heavy atom. The second-order valence-electron chi connectivity index (χ2n) is 6.68. The maximum atomic E-state index is 14.2. The average Bonchev–Trinajstić information content (AvgIpc) is 2.69. The molecular formula is C21H27FN2O4S. The molecule has 1 N–H and O–H groups in total. The minimum atomic E-state index is -3.86. The molecule has 8 heteroatoms. The number of ether oxygens (including phenoxy) is 1. The molecule has 0 aliphatic heterocycles. The van der Waals surface area contributed by atoms with Gasteiger partial charge in [-0.2, -0.15) is 0 Å². The van der Waals surface area contributed by atoms with E-state index < -0.39 is 27.8 Å². The molecule has 6 nitrogen and oxygen atoms in total. The lowest BCUT2D eigenvalue weighted by molar-refractivity contribution is -0.122. The SMILES string of the molecule is CC[C@H](C(=O)NCCCc1cccc(OC)c1)N(c1ccccc1F)S(C)(=O)=O. The molecule has 0 heterocycles. The predicted molar refractivity (Wildman–Crippen MR) is 112 cm³/mol. The van der Waals surface area contributed by atoms with Crippen LogP contribution in [0, 0.1) is 5.82 Å². The van der Waals surface area contributed by atoms with Crippen LogP contribution < -0.4 is 14.4 Å². The number of methoxy groups -OCH3 is 1. The van der Waals surface area contributed by atoms with Crippen LogP contribution in [0.5, 0.6) is 5.75 Å². The van der Waals surface area contributed by atoms with Gasteiger partial charge in [0, 0.05) is 6.54 Å². The molecule has 0 saturated heterocycles. The van der Waals surface area contributed by atoms with Crippen LogP contribution in [0.3, 0.4) is 0 Å². The highest BCUT2D eigenvalue weighted by Crippen LogP contribution is 2.25. The van der Waals surface area contributed by atoms with Crippen molar-refractivity contribution in [1.29, 1.82) is 0 Å². The molecule has 0 unspecified atom stereocenters. The molecule has 1 atom stereocenters. The molecule has 0 saturated carbocycles. The molecule has 0 aliphatic carbocycles. The fourth-order valence-corrected chi connectivity index (χ4v) is 4.33. The largest absolute Gasteiger partial charge is 0.497 e. The van der Waals surface area contributed by atoms with Gasteiger partial charge in [0.25, 0.3) is 0 Å². The first-order chi connectivity index (χ1) is 13.8. The number of anilines is 1. The van der Waals surface area contributed by atoms with Gasteiger partial charge in [-0.1, -0.05) is 31.2 Å². The zero-order chi connectivity index (χ0) is 21.4. The lowest BCUT2D eigenvalue weighted by Gasteiger charge is -2.30. The average molecular weight is 423 g/mol. The number of amides is 1. The van der Waals surface area contributed by atoms with Crippen LogP contribution in [-0.4, -0.2) is 40.3 Å². The van der Waals surface area contributed by atoms with E-state index in [-0.39, 0.29) is 12.1 Å². The topological polar surface area (TPSA) is 75.7 Å². The summed E-state index contributed by atoms with van der Waals surface area (Å²) in [6, 6.07) is 12.2. The highest BCUT2D eigenvalue weighted by molar-refractivity contribution is 7.92. The van der Waals surface area contributed by atoms with Crippen LogP contribution in [0.25, 0.3) is 0 Å². The van der Waals surface area contributed by atoms with E-state index in [1.807, 2.05) is 24.3 Å². The second kappa shape index (κ2) is 10.2. The summed E-state index contributed by atoms with van der Waals surface area (Å²) in [6.45, 7) is 2.07. The number of nitrogens with one attached hydrogen (secondary N) is 1. The van der Waals surface area contributed by atoms with E-state index >= 15 is 0 Å². The zero-order valence-corrected chi connectivity index (χ0v) is 17.7. The lowest BCUT2D eigenvalue weighted by atomic mass is 10.1. The molecule has 0 bridgehead atoms. The Kier molecular flexibility index (Phi) is 8.01. The number of carbonyl (C=O) groups is 1. The second-order valence-corrected chi connectivity index (χ2v) is 8.54. The number of para-hydroxylation sites is 1. The number of benzene rings is 2. The molecule has 1 amide bonds. The summed E-state index contributed by atoms with van der Waals surface area (Å²) in [5.74, 6) is -0.375. The van der Waals surface area contributed by atoms with Gasteiger partial charge in [-0.3, -0.25) is 9.10 Å². The highest BCUT2D eigenvalue weighted by atomic mass is 32.2. The Morgan fingerprint density at radius 2 is 1.93 bits per heavy atom. The van der Waals surface area contributed by atoms with Crippen molar-refractivity contribution in [3.8, 4) is 5.75 Å². The van der Waals surface area contributed by atoms with Crippen molar-refractivity contribution in [3.05, 3.63) is 59.9 Å². The molecule has 0 radical (unpaired) electrons. The van der Waals surface area contributed by atoms with E-state index in [0.29, 0.717) is 13.0 Å². The number of halogens is 1. The van der Waals surface area contributed by atoms with Crippen LogP contribution >= 0.6 is 0 Å². The normalized spacial score (nSPS) is 12.3. The van der Waals surface area contributed by atoms with E-state index in [0.717, 1.165) is 28.3 Å². The highest BCUT2D eigenvalue weighted by Gasteiger charge is 2.32. The fourth-order valence-electron chi connectivity index (χ4n) is 3.12. The van der Waals surface area contributed by atoms with Gasteiger partial charge < -0.3 is 10.1 Å². The van der Waals surface area contributed by atoms with Crippen molar-refractivity contribution < 1.29 is 22.3 Å². The number of aryl methyl sites for hydroxylation is 1. The summed E-state index contributed by atoms with van der Waals surface area (Å²) < 4.78 is 45.0. The van der Waals surface area contributed by atoms with Crippen LogP contribution in [0.15, 0.2) is 48.5 Å². The van der Waals surface area contributed by atoms with Crippen LogP contribution in [0.2, 0.25) is 0 Å². The quantitative estimate of drug-likeness (QED) is 0.597. The van der Waals surface area contributed by atoms with Crippen molar-refractivity contribution in [2.45, 2.75) is 32.2 Å². The van der Waals surface area contributed by atoms with Gasteiger partial charge in [0.15, 0.2) is 0 Å². The first kappa shape index (κ1) is 22.7. The number of rotatable bonds is 10. The minimum absolute atomic E-state index is 0.131. The van der Waals surface area contributed by atoms with E-state index in [9.17, 15) is 17.6 Å². The van der Waals surface area contributed by atoms with Gasteiger partial charge in [-0.05, 0) is 49.1 Å². The molecule has 0 aromatic heterocycles. The third kappa shape index (κ3) is 6.19. The van der Waals surface area contributed by atoms with E-state index in [2.05, 4.69) is 5.32 Å². The van der Waals surface area contributed by atoms with Gasteiger partial charge in [0.05, 0.1) is 19.1 Å². The molecule has 2 aromatic carbocycles. The van der Waals surface area contributed by atoms with Crippen LogP contribution in [-0.2, 0) is 21.2 Å². The molecule has 2 aromatic rings. The standard InChI is InChI=1S/C21H27FN2O4S/c1-4-19(24(29(3,26)27)20-13-6-5-12-18(20)22)21(25)23-14-8-10-16-9-7-11-17(15-16)28-2/h5-7,9,11-13,15,19H,4,8,10,14H2,1-3H3,(H,23,25)/t19-/m1/s1. The van der Waals surface area contributed by atoms with E-state index in [1.54, 1.807) is 14.0 Å². The van der Waals surface area contributed by atoms with Crippen LogP contribution in [0.4, 0.5) is 10.1 Å². The molecule has 158 valence electrons. The minimum Gasteiger partial charge on any atom is -0.497 e. The summed E-state index contributed by atoms with van der Waals surface area (Å²) in [7, 11) is -2.25. The molecule has 0 fully saturated rings. The Labute approximate surface area is 171 Å². The molecule has 29 heavy (non-hydrogen) atoms. The van der Waals surface area contributed by atoms with Crippen molar-refractivity contribution in [1.82, 2.24) is 5.32 Å². The molecule has 0 spiro atoms. The monoisotopic (exact) mass is 422 g/mol. The predicted octanol–water partition coefficient (Wildman–Crippen LogP) is 3.13. The number of nitrogens with zero attached hydrogens (tertiary/aromatic N) is 1.